The van der Waals surface area contributed by atoms with Crippen molar-refractivity contribution in [3.05, 3.63) is 76.4 Å². The van der Waals surface area contributed by atoms with E-state index in [1.54, 1.807) is 29.9 Å². The fourth-order valence-electron chi connectivity index (χ4n) is 3.24. The maximum absolute atomic E-state index is 10.5. The molecule has 4 rings (SSSR count). The first-order valence-corrected chi connectivity index (χ1v) is 11.5. The van der Waals surface area contributed by atoms with E-state index in [2.05, 4.69) is 5.10 Å². The van der Waals surface area contributed by atoms with E-state index in [-0.39, 0.29) is 0 Å². The van der Waals surface area contributed by atoms with Crippen LogP contribution in [0.1, 0.15) is 26.5 Å². The molecule has 0 amide bonds. The van der Waals surface area contributed by atoms with Crippen molar-refractivity contribution in [3.63, 3.8) is 0 Å². The number of thiophene rings is 1. The molecule has 0 spiro atoms. The summed E-state index contributed by atoms with van der Waals surface area (Å²) in [7, 11) is 0. The number of benzene rings is 2. The molecule has 4 nitrogen and oxygen atoms in total. The molecule has 160 valence electrons. The highest BCUT2D eigenvalue weighted by Gasteiger charge is 2.24. The Balaban J connectivity index is 1.80. The van der Waals surface area contributed by atoms with Gasteiger partial charge in [0.25, 0.3) is 0 Å². The molecule has 2 aromatic carbocycles. The summed E-state index contributed by atoms with van der Waals surface area (Å²) in [4.78, 5) is 2.02. The summed E-state index contributed by atoms with van der Waals surface area (Å²) in [5.74, 6) is 0.750. The van der Waals surface area contributed by atoms with Crippen molar-refractivity contribution in [1.29, 1.82) is 0 Å². The fraction of sp³-hybridized carbons (Fsp3) is 0.208. The molecule has 1 N–H and O–H groups in total. The highest BCUT2D eigenvalue weighted by molar-refractivity contribution is 7.18. The predicted octanol–water partition coefficient (Wildman–Crippen LogP) is 7.20. The van der Waals surface area contributed by atoms with Gasteiger partial charge >= 0.3 is 0 Å². The standard InChI is InChI=1S/C24H22Cl2N2O2S/c1-4-30-15-9-10-16(18(26)13-15)21-11-12-22(31-21)20-14-23(24(2,3)29)27-28(20)19-8-6-5-7-17(19)25/h5-14,29H,4H2,1-3H3. The first-order chi connectivity index (χ1) is 14.8. The summed E-state index contributed by atoms with van der Waals surface area (Å²) in [5, 5.41) is 16.4. The smallest absolute Gasteiger partial charge is 0.120 e. The van der Waals surface area contributed by atoms with Crippen LogP contribution in [-0.4, -0.2) is 21.5 Å². The van der Waals surface area contributed by atoms with Crippen molar-refractivity contribution in [1.82, 2.24) is 9.78 Å². The topological polar surface area (TPSA) is 47.3 Å². The fourth-order valence-corrected chi connectivity index (χ4v) is 4.83. The molecule has 31 heavy (non-hydrogen) atoms. The Morgan fingerprint density at radius 1 is 1.00 bits per heavy atom. The van der Waals surface area contributed by atoms with Crippen LogP contribution in [0.4, 0.5) is 0 Å². The Morgan fingerprint density at radius 3 is 2.42 bits per heavy atom. The average Bonchev–Trinajstić information content (AvgIpc) is 3.35. The Morgan fingerprint density at radius 2 is 1.74 bits per heavy atom. The summed E-state index contributed by atoms with van der Waals surface area (Å²) < 4.78 is 7.32. The van der Waals surface area contributed by atoms with Gasteiger partial charge in [-0.05, 0) is 69.3 Å². The molecule has 0 aliphatic carbocycles. The summed E-state index contributed by atoms with van der Waals surface area (Å²) in [6, 6.07) is 19.2. The third-order valence-corrected chi connectivity index (χ3v) is 6.57. The second kappa shape index (κ2) is 8.67. The third kappa shape index (κ3) is 4.51. The van der Waals surface area contributed by atoms with E-state index in [9.17, 15) is 5.11 Å². The molecule has 0 unspecified atom stereocenters. The van der Waals surface area contributed by atoms with Gasteiger partial charge < -0.3 is 9.84 Å². The Labute approximate surface area is 195 Å². The van der Waals surface area contributed by atoms with Gasteiger partial charge in [0.05, 0.1) is 38.6 Å². The highest BCUT2D eigenvalue weighted by atomic mass is 35.5. The monoisotopic (exact) mass is 472 g/mol. The second-order valence-corrected chi connectivity index (χ2v) is 9.47. The van der Waals surface area contributed by atoms with E-state index in [0.717, 1.165) is 32.4 Å². The van der Waals surface area contributed by atoms with Crippen LogP contribution in [-0.2, 0) is 5.60 Å². The van der Waals surface area contributed by atoms with Crippen molar-refractivity contribution >= 4 is 34.5 Å². The van der Waals surface area contributed by atoms with Crippen molar-refractivity contribution in [2.45, 2.75) is 26.4 Å². The van der Waals surface area contributed by atoms with Gasteiger partial charge in [0.15, 0.2) is 0 Å². The van der Waals surface area contributed by atoms with E-state index in [1.807, 2.05) is 67.6 Å². The average molecular weight is 473 g/mol. The van der Waals surface area contributed by atoms with Gasteiger partial charge in [-0.25, -0.2) is 4.68 Å². The van der Waals surface area contributed by atoms with Crippen molar-refractivity contribution in [2.75, 3.05) is 6.61 Å². The van der Waals surface area contributed by atoms with Crippen LogP contribution < -0.4 is 4.74 Å². The summed E-state index contributed by atoms with van der Waals surface area (Å²) in [6.45, 7) is 5.97. The molecule has 2 aromatic heterocycles. The number of aromatic nitrogens is 2. The molecule has 0 saturated heterocycles. The lowest BCUT2D eigenvalue weighted by Crippen LogP contribution is -2.16. The van der Waals surface area contributed by atoms with Gasteiger partial charge in [-0.1, -0.05) is 35.3 Å². The zero-order valence-corrected chi connectivity index (χ0v) is 19.7. The molecule has 0 radical (unpaired) electrons. The van der Waals surface area contributed by atoms with Crippen LogP contribution >= 0.6 is 34.5 Å². The lowest BCUT2D eigenvalue weighted by atomic mass is 10.1. The lowest BCUT2D eigenvalue weighted by Gasteiger charge is -2.13. The molecule has 0 bridgehead atoms. The van der Waals surface area contributed by atoms with E-state index in [0.29, 0.717) is 22.3 Å². The molecule has 0 aliphatic rings. The van der Waals surface area contributed by atoms with Gasteiger partial charge in [-0.3, -0.25) is 0 Å². The molecular formula is C24H22Cl2N2O2S. The maximum Gasteiger partial charge on any atom is 0.120 e. The number of nitrogens with zero attached hydrogens (tertiary/aromatic N) is 2. The maximum atomic E-state index is 10.5. The number of ether oxygens (including phenoxy) is 1. The summed E-state index contributed by atoms with van der Waals surface area (Å²) >= 11 is 14.6. The van der Waals surface area contributed by atoms with E-state index in [4.69, 9.17) is 27.9 Å². The van der Waals surface area contributed by atoms with Crippen LogP contribution in [0.25, 0.3) is 26.7 Å². The van der Waals surface area contributed by atoms with Gasteiger partial charge in [-0.2, -0.15) is 5.10 Å². The minimum Gasteiger partial charge on any atom is -0.494 e. The van der Waals surface area contributed by atoms with Gasteiger partial charge in [0.1, 0.15) is 11.4 Å². The predicted molar refractivity (Wildman–Crippen MR) is 129 cm³/mol. The van der Waals surface area contributed by atoms with Crippen LogP contribution in [0.3, 0.4) is 0 Å². The van der Waals surface area contributed by atoms with Crippen LogP contribution in [0.15, 0.2) is 60.7 Å². The quantitative estimate of drug-likeness (QED) is 0.322. The minimum atomic E-state index is -1.08. The SMILES string of the molecule is CCOc1ccc(-c2ccc(-c3cc(C(C)(C)O)nn3-c3ccccc3Cl)s2)c(Cl)c1. The zero-order chi connectivity index (χ0) is 22.2. The molecule has 0 aliphatic heterocycles. The summed E-state index contributed by atoms with van der Waals surface area (Å²) in [6.07, 6.45) is 0. The van der Waals surface area contributed by atoms with E-state index < -0.39 is 5.60 Å². The minimum absolute atomic E-state index is 0.566. The molecule has 0 atom stereocenters. The number of rotatable bonds is 6. The number of para-hydroxylation sites is 1. The zero-order valence-electron chi connectivity index (χ0n) is 17.4. The van der Waals surface area contributed by atoms with Gasteiger partial charge in [-0.15, -0.1) is 11.3 Å². The van der Waals surface area contributed by atoms with Crippen LogP contribution in [0, 0.1) is 0 Å². The van der Waals surface area contributed by atoms with E-state index >= 15 is 0 Å². The van der Waals surface area contributed by atoms with Gasteiger partial charge in [0, 0.05) is 10.4 Å². The van der Waals surface area contributed by atoms with E-state index in [1.165, 1.54) is 0 Å². The number of halogens is 2. The highest BCUT2D eigenvalue weighted by Crippen LogP contribution is 2.40. The first-order valence-electron chi connectivity index (χ1n) is 9.88. The van der Waals surface area contributed by atoms with Crippen molar-refractivity contribution in [2.24, 2.45) is 0 Å². The Hall–Kier alpha value is -2.31. The molecule has 2 heterocycles. The molecule has 0 saturated carbocycles. The Kier molecular flexibility index (Phi) is 6.13. The largest absolute Gasteiger partial charge is 0.494 e. The summed E-state index contributed by atoms with van der Waals surface area (Å²) in [5.41, 5.74) is 2.02. The van der Waals surface area contributed by atoms with Crippen LogP contribution in [0.2, 0.25) is 10.0 Å². The number of hydrogen-bond donors (Lipinski definition) is 1. The normalized spacial score (nSPS) is 11.7. The number of aliphatic hydroxyl groups is 1. The second-order valence-electron chi connectivity index (χ2n) is 7.58. The third-order valence-electron chi connectivity index (χ3n) is 4.79. The molecule has 4 aromatic rings. The Bertz CT molecular complexity index is 1220. The molecular weight excluding hydrogens is 451 g/mol. The van der Waals surface area contributed by atoms with Crippen molar-refractivity contribution < 1.29 is 9.84 Å². The van der Waals surface area contributed by atoms with Crippen LogP contribution in [0.5, 0.6) is 5.75 Å². The molecule has 7 heteroatoms. The van der Waals surface area contributed by atoms with Gasteiger partial charge in [0.2, 0.25) is 0 Å². The molecule has 0 fully saturated rings. The van der Waals surface area contributed by atoms with Crippen molar-refractivity contribution in [3.8, 4) is 32.4 Å². The number of hydrogen-bond acceptors (Lipinski definition) is 4. The lowest BCUT2D eigenvalue weighted by molar-refractivity contribution is 0.0734. The first kappa shape index (κ1) is 21.9.